The minimum atomic E-state index is -0.540. The number of aromatic nitrogens is 2. The van der Waals surface area contributed by atoms with Crippen LogP contribution in [0, 0.1) is 5.92 Å². The van der Waals surface area contributed by atoms with Crippen LogP contribution >= 0.6 is 11.7 Å². The molecular weight excluding hydrogens is 300 g/mol. The maximum atomic E-state index is 12.6. The van der Waals surface area contributed by atoms with Gasteiger partial charge in [0.15, 0.2) is 5.82 Å². The molecule has 0 radical (unpaired) electrons. The molecule has 1 aliphatic heterocycles. The number of rotatable bonds is 4. The second-order valence-electron chi connectivity index (χ2n) is 5.56. The van der Waals surface area contributed by atoms with E-state index >= 15 is 0 Å². The Kier molecular flexibility index (Phi) is 3.89. The molecule has 7 heteroatoms. The van der Waals surface area contributed by atoms with E-state index in [1.165, 1.54) is 6.20 Å². The number of hydrogen-bond donors (Lipinski definition) is 1. The van der Waals surface area contributed by atoms with Gasteiger partial charge in [0.1, 0.15) is 6.04 Å². The lowest BCUT2D eigenvalue weighted by Crippen LogP contribution is -2.47. The van der Waals surface area contributed by atoms with Gasteiger partial charge in [0.05, 0.1) is 17.9 Å². The van der Waals surface area contributed by atoms with Gasteiger partial charge in [0.2, 0.25) is 5.91 Å². The van der Waals surface area contributed by atoms with E-state index in [0.29, 0.717) is 17.9 Å². The van der Waals surface area contributed by atoms with Crippen molar-refractivity contribution in [3.05, 3.63) is 41.6 Å². The number of hydrogen-bond acceptors (Lipinski definition) is 5. The monoisotopic (exact) mass is 316 g/mol. The molecule has 0 aliphatic carbocycles. The molecule has 2 heterocycles. The molecule has 1 aliphatic rings. The maximum Gasteiger partial charge on any atom is 0.255 e. The van der Waals surface area contributed by atoms with E-state index in [-0.39, 0.29) is 17.7 Å². The lowest BCUT2D eigenvalue weighted by Gasteiger charge is -2.29. The van der Waals surface area contributed by atoms with E-state index < -0.39 is 6.04 Å². The zero-order valence-electron chi connectivity index (χ0n) is 12.3. The van der Waals surface area contributed by atoms with Gasteiger partial charge in [0.25, 0.3) is 5.91 Å². The maximum absolute atomic E-state index is 12.6. The molecule has 6 nitrogen and oxygen atoms in total. The Morgan fingerprint density at radius 1 is 1.36 bits per heavy atom. The van der Waals surface area contributed by atoms with Crippen LogP contribution in [-0.2, 0) is 11.3 Å². The molecule has 1 atom stereocenters. The predicted octanol–water partition coefficient (Wildman–Crippen LogP) is 2.16. The second-order valence-corrected chi connectivity index (χ2v) is 6.12. The topological polar surface area (TPSA) is 75.2 Å². The van der Waals surface area contributed by atoms with Crippen LogP contribution in [0.15, 0.2) is 30.5 Å². The first kappa shape index (κ1) is 14.6. The molecule has 1 N–H and O–H groups in total. The third-order valence-electron chi connectivity index (χ3n) is 3.70. The van der Waals surface area contributed by atoms with Crippen molar-refractivity contribution in [2.24, 2.45) is 5.92 Å². The van der Waals surface area contributed by atoms with E-state index in [0.717, 1.165) is 17.3 Å². The summed E-state index contributed by atoms with van der Waals surface area (Å²) in [6, 6.07) is 6.93. The zero-order valence-corrected chi connectivity index (χ0v) is 13.1. The highest BCUT2D eigenvalue weighted by Crippen LogP contribution is 2.27. The third kappa shape index (κ3) is 2.59. The third-order valence-corrected chi connectivity index (χ3v) is 4.18. The Morgan fingerprint density at radius 3 is 2.77 bits per heavy atom. The second kappa shape index (κ2) is 5.84. The number of carbonyl (C=O) groups excluding carboxylic acids is 2. The number of amides is 2. The summed E-state index contributed by atoms with van der Waals surface area (Å²) in [5.74, 6) is 0.0828. The summed E-state index contributed by atoms with van der Waals surface area (Å²) in [6.07, 6.45) is 1.50. The number of fused-ring (bicyclic) bond motifs is 1. The summed E-state index contributed by atoms with van der Waals surface area (Å²) in [5.41, 5.74) is 1.64. The smallest absolute Gasteiger partial charge is 0.255 e. The highest BCUT2D eigenvalue weighted by molar-refractivity contribution is 6.99. The van der Waals surface area contributed by atoms with Crippen molar-refractivity contribution in [2.45, 2.75) is 26.4 Å². The number of carbonyl (C=O) groups is 2. The molecule has 0 unspecified atom stereocenters. The highest BCUT2D eigenvalue weighted by atomic mass is 32.1. The fourth-order valence-corrected chi connectivity index (χ4v) is 3.10. The van der Waals surface area contributed by atoms with E-state index in [4.69, 9.17) is 0 Å². The van der Waals surface area contributed by atoms with E-state index in [2.05, 4.69) is 14.1 Å². The van der Waals surface area contributed by atoms with Crippen molar-refractivity contribution in [3.8, 4) is 0 Å². The molecule has 114 valence electrons. The predicted molar refractivity (Wildman–Crippen MR) is 83.5 cm³/mol. The van der Waals surface area contributed by atoms with Crippen LogP contribution in [0.4, 0.5) is 5.82 Å². The van der Waals surface area contributed by atoms with Crippen LogP contribution < -0.4 is 5.32 Å². The Hall–Kier alpha value is -2.28. The largest absolute Gasteiger partial charge is 0.322 e. The summed E-state index contributed by atoms with van der Waals surface area (Å²) < 4.78 is 7.84. The molecule has 0 saturated carbocycles. The lowest BCUT2D eigenvalue weighted by atomic mass is 10.0. The van der Waals surface area contributed by atoms with E-state index in [1.54, 1.807) is 11.0 Å². The van der Waals surface area contributed by atoms with Gasteiger partial charge in [0, 0.05) is 12.1 Å². The van der Waals surface area contributed by atoms with Gasteiger partial charge in [-0.2, -0.15) is 8.75 Å². The van der Waals surface area contributed by atoms with Gasteiger partial charge in [-0.3, -0.25) is 9.59 Å². The summed E-state index contributed by atoms with van der Waals surface area (Å²) in [7, 11) is 0. The fourth-order valence-electron chi connectivity index (χ4n) is 2.73. The summed E-state index contributed by atoms with van der Waals surface area (Å²) in [6.45, 7) is 4.32. The minimum absolute atomic E-state index is 0.00939. The highest BCUT2D eigenvalue weighted by Gasteiger charge is 2.38. The quantitative estimate of drug-likeness (QED) is 0.938. The van der Waals surface area contributed by atoms with Crippen molar-refractivity contribution in [3.63, 3.8) is 0 Å². The van der Waals surface area contributed by atoms with Gasteiger partial charge >= 0.3 is 0 Å². The molecule has 0 fully saturated rings. The number of anilines is 1. The molecular formula is C15H16N4O2S. The van der Waals surface area contributed by atoms with Crippen LogP contribution in [0.3, 0.4) is 0 Å². The van der Waals surface area contributed by atoms with Crippen molar-refractivity contribution >= 4 is 29.4 Å². The average molecular weight is 316 g/mol. The van der Waals surface area contributed by atoms with Crippen molar-refractivity contribution < 1.29 is 9.59 Å². The van der Waals surface area contributed by atoms with E-state index in [1.807, 2.05) is 32.0 Å². The van der Waals surface area contributed by atoms with Crippen molar-refractivity contribution in [1.29, 1.82) is 0 Å². The van der Waals surface area contributed by atoms with Gasteiger partial charge in [-0.1, -0.05) is 32.0 Å². The Balaban J connectivity index is 1.84. The summed E-state index contributed by atoms with van der Waals surface area (Å²) in [5, 5.41) is 2.73. The van der Waals surface area contributed by atoms with E-state index in [9.17, 15) is 9.59 Å². The molecule has 0 saturated heterocycles. The first-order chi connectivity index (χ1) is 10.6. The Morgan fingerprint density at radius 2 is 2.14 bits per heavy atom. The average Bonchev–Trinajstić information content (AvgIpc) is 3.09. The van der Waals surface area contributed by atoms with Crippen LogP contribution in [0.5, 0.6) is 0 Å². The summed E-state index contributed by atoms with van der Waals surface area (Å²) >= 11 is 1.03. The first-order valence-electron chi connectivity index (χ1n) is 7.05. The minimum Gasteiger partial charge on any atom is -0.322 e. The Labute approximate surface area is 132 Å². The fraction of sp³-hybridized carbons (Fsp3) is 0.333. The molecule has 22 heavy (non-hydrogen) atoms. The standard InChI is InChI=1S/C15H16N4O2S/c1-9(2)13(14(20)17-12-7-16-22-18-12)19-8-10-5-3-4-6-11(10)15(19)21/h3-7,9,13H,8H2,1-2H3,(H,17,18,20)/t13-/m1/s1. The van der Waals surface area contributed by atoms with Crippen molar-refractivity contribution in [1.82, 2.24) is 13.6 Å². The zero-order chi connectivity index (χ0) is 15.7. The normalized spacial score (nSPS) is 15.0. The van der Waals surface area contributed by atoms with Gasteiger partial charge < -0.3 is 10.2 Å². The molecule has 2 aromatic rings. The SMILES string of the molecule is CC(C)[C@H](C(=O)Nc1cnsn1)N1Cc2ccccc2C1=O. The van der Waals surface area contributed by atoms with Crippen molar-refractivity contribution in [2.75, 3.05) is 5.32 Å². The van der Waals surface area contributed by atoms with Crippen LogP contribution in [0.2, 0.25) is 0 Å². The molecule has 1 aromatic carbocycles. The van der Waals surface area contributed by atoms with Crippen LogP contribution in [-0.4, -0.2) is 31.5 Å². The Bertz CT molecular complexity index is 699. The summed E-state index contributed by atoms with van der Waals surface area (Å²) in [4.78, 5) is 26.8. The number of nitrogens with zero attached hydrogens (tertiary/aromatic N) is 3. The molecule has 1 aromatic heterocycles. The lowest BCUT2D eigenvalue weighted by molar-refractivity contribution is -0.122. The van der Waals surface area contributed by atoms with Crippen LogP contribution in [0.25, 0.3) is 0 Å². The van der Waals surface area contributed by atoms with Gasteiger partial charge in [-0.05, 0) is 17.5 Å². The van der Waals surface area contributed by atoms with Gasteiger partial charge in [-0.25, -0.2) is 0 Å². The molecule has 2 amide bonds. The first-order valence-corrected chi connectivity index (χ1v) is 7.78. The molecule has 0 spiro atoms. The number of nitrogens with one attached hydrogen (secondary N) is 1. The van der Waals surface area contributed by atoms with Gasteiger partial charge in [-0.15, -0.1) is 0 Å². The number of benzene rings is 1. The van der Waals surface area contributed by atoms with Crippen LogP contribution in [0.1, 0.15) is 29.8 Å². The molecule has 3 rings (SSSR count). The molecule has 0 bridgehead atoms.